The molecular weight excluding hydrogens is 419 g/mol. The molecule has 1 N–H and O–H groups in total. The first-order chi connectivity index (χ1) is 14.0. The van der Waals surface area contributed by atoms with Crippen LogP contribution in [0.1, 0.15) is 36.6 Å². The average Bonchev–Trinajstić information content (AvgIpc) is 2.70. The third-order valence-electron chi connectivity index (χ3n) is 4.78. The summed E-state index contributed by atoms with van der Waals surface area (Å²) in [6, 6.07) is 9.94. The van der Waals surface area contributed by atoms with Gasteiger partial charge in [0.1, 0.15) is 9.84 Å². The molecule has 0 spiro atoms. The quantitative estimate of drug-likeness (QED) is 0.605. The molecular formula is C21H24F3NO4S. The monoisotopic (exact) mass is 443 g/mol. The lowest BCUT2D eigenvalue weighted by molar-refractivity contribution is -0.131. The number of benzene rings is 1. The van der Waals surface area contributed by atoms with Crippen LogP contribution in [0.5, 0.6) is 0 Å². The van der Waals surface area contributed by atoms with Gasteiger partial charge in [-0.05, 0) is 17.2 Å². The molecule has 1 aromatic carbocycles. The number of Topliss-reactive ketones (excluding diaryl/α,β-unsaturated/α-hetero) is 1. The van der Waals surface area contributed by atoms with Crippen molar-refractivity contribution in [2.45, 2.75) is 31.8 Å². The number of alkyl halides is 3. The molecule has 1 unspecified atom stereocenters. The normalized spacial score (nSPS) is 15.0. The molecule has 2 aromatic rings. The van der Waals surface area contributed by atoms with Crippen molar-refractivity contribution < 1.29 is 31.5 Å². The first-order valence-corrected chi connectivity index (χ1v) is 11.4. The van der Waals surface area contributed by atoms with Crippen molar-refractivity contribution in [2.75, 3.05) is 18.7 Å². The zero-order valence-corrected chi connectivity index (χ0v) is 17.4. The van der Waals surface area contributed by atoms with Crippen LogP contribution in [0.4, 0.5) is 13.2 Å². The summed E-state index contributed by atoms with van der Waals surface area (Å²) in [5.41, 5.74) is 2.46. The first kappa shape index (κ1) is 24.0. The highest BCUT2D eigenvalue weighted by Gasteiger charge is 2.27. The van der Waals surface area contributed by atoms with Crippen molar-refractivity contribution in [1.82, 2.24) is 4.98 Å². The van der Waals surface area contributed by atoms with Crippen LogP contribution < -0.4 is 0 Å². The van der Waals surface area contributed by atoms with E-state index in [1.54, 1.807) is 37.4 Å². The van der Waals surface area contributed by atoms with Gasteiger partial charge >= 0.3 is 0 Å². The van der Waals surface area contributed by atoms with E-state index in [0.717, 1.165) is 11.1 Å². The summed E-state index contributed by atoms with van der Waals surface area (Å²) in [6.45, 7) is 0.678. The Bertz CT molecular complexity index is 947. The van der Waals surface area contributed by atoms with E-state index in [1.807, 2.05) is 0 Å². The highest BCUT2D eigenvalue weighted by molar-refractivity contribution is 7.90. The van der Waals surface area contributed by atoms with E-state index in [2.05, 4.69) is 4.98 Å². The Morgan fingerprint density at radius 1 is 1.10 bits per heavy atom. The second kappa shape index (κ2) is 10.2. The van der Waals surface area contributed by atoms with Gasteiger partial charge in [-0.1, -0.05) is 37.3 Å². The smallest absolute Gasteiger partial charge is 0.295 e. The van der Waals surface area contributed by atoms with Crippen molar-refractivity contribution in [3.8, 4) is 11.1 Å². The van der Waals surface area contributed by atoms with Crippen LogP contribution in [0.15, 0.2) is 42.6 Å². The molecule has 0 aliphatic carbocycles. The minimum Gasteiger partial charge on any atom is -0.388 e. The van der Waals surface area contributed by atoms with Gasteiger partial charge in [-0.3, -0.25) is 14.2 Å². The number of aromatic nitrogens is 1. The maximum Gasteiger partial charge on any atom is 0.295 e. The fourth-order valence-electron chi connectivity index (χ4n) is 3.15. The molecule has 30 heavy (non-hydrogen) atoms. The van der Waals surface area contributed by atoms with Crippen LogP contribution in [0.3, 0.4) is 0 Å². The number of carbonyl (C=O) groups excluding carboxylic acids is 1. The third kappa shape index (κ3) is 6.63. The van der Waals surface area contributed by atoms with Crippen LogP contribution in [-0.2, 0) is 14.6 Å². The number of nitrogens with zero attached hydrogens (tertiary/aromatic N) is 1. The van der Waals surface area contributed by atoms with Crippen LogP contribution in [0.2, 0.25) is 0 Å². The Kier molecular flexibility index (Phi) is 8.14. The molecule has 164 valence electrons. The van der Waals surface area contributed by atoms with E-state index in [0.29, 0.717) is 11.3 Å². The van der Waals surface area contributed by atoms with E-state index in [-0.39, 0.29) is 11.7 Å². The predicted molar refractivity (Wildman–Crippen MR) is 108 cm³/mol. The molecule has 0 bridgehead atoms. The predicted octanol–water partition coefficient (Wildman–Crippen LogP) is 3.74. The molecule has 0 fully saturated rings. The van der Waals surface area contributed by atoms with Crippen molar-refractivity contribution in [3.63, 3.8) is 0 Å². The molecule has 0 aliphatic heterocycles. The van der Waals surface area contributed by atoms with Gasteiger partial charge in [0.15, 0.2) is 5.78 Å². The number of aliphatic hydroxyl groups excluding tert-OH is 1. The lowest BCUT2D eigenvalue weighted by atomic mass is 9.91. The van der Waals surface area contributed by atoms with Crippen molar-refractivity contribution in [2.24, 2.45) is 5.92 Å². The number of hydrogen-bond donors (Lipinski definition) is 1. The van der Waals surface area contributed by atoms with Gasteiger partial charge in [0.25, 0.3) is 6.43 Å². The van der Waals surface area contributed by atoms with Crippen molar-refractivity contribution in [3.05, 3.63) is 53.9 Å². The Hall–Kier alpha value is -2.26. The van der Waals surface area contributed by atoms with Gasteiger partial charge in [-0.15, -0.1) is 0 Å². The van der Waals surface area contributed by atoms with Crippen molar-refractivity contribution >= 4 is 15.6 Å². The zero-order chi connectivity index (χ0) is 22.5. The van der Waals surface area contributed by atoms with E-state index in [4.69, 9.17) is 0 Å². The van der Waals surface area contributed by atoms with E-state index < -0.39 is 47.2 Å². The van der Waals surface area contributed by atoms with Gasteiger partial charge in [0.2, 0.25) is 0 Å². The van der Waals surface area contributed by atoms with E-state index in [9.17, 15) is 31.5 Å². The van der Waals surface area contributed by atoms with E-state index >= 15 is 0 Å². The fourth-order valence-corrected chi connectivity index (χ4v) is 4.23. The molecule has 5 nitrogen and oxygen atoms in total. The second-order valence-corrected chi connectivity index (χ2v) is 9.60. The number of hydrogen-bond acceptors (Lipinski definition) is 5. The molecule has 0 aliphatic rings. The third-order valence-corrected chi connectivity index (χ3v) is 5.89. The molecule has 0 amide bonds. The summed E-state index contributed by atoms with van der Waals surface area (Å²) in [6.07, 6.45) is -2.54. The van der Waals surface area contributed by atoms with E-state index in [1.165, 1.54) is 18.4 Å². The summed E-state index contributed by atoms with van der Waals surface area (Å²) < 4.78 is 60.8. The summed E-state index contributed by atoms with van der Waals surface area (Å²) in [5, 5.41) is 10.3. The number of pyridine rings is 1. The Morgan fingerprint density at radius 2 is 1.70 bits per heavy atom. The lowest BCUT2D eigenvalue weighted by Gasteiger charge is -2.20. The fraction of sp³-hybridized carbons (Fsp3) is 0.429. The highest BCUT2D eigenvalue weighted by Crippen LogP contribution is 2.29. The Balaban J connectivity index is 2.12. The van der Waals surface area contributed by atoms with Crippen LogP contribution in [0.25, 0.3) is 11.1 Å². The molecule has 0 saturated heterocycles. The number of carbonyl (C=O) groups is 1. The lowest BCUT2D eigenvalue weighted by Crippen LogP contribution is -2.22. The van der Waals surface area contributed by atoms with Gasteiger partial charge in [0.05, 0.1) is 18.5 Å². The number of rotatable bonds is 10. The molecule has 0 saturated carbocycles. The van der Waals surface area contributed by atoms with Gasteiger partial charge in [0, 0.05) is 42.0 Å². The summed E-state index contributed by atoms with van der Waals surface area (Å²) in [5.74, 6) is -2.89. The van der Waals surface area contributed by atoms with Crippen LogP contribution in [-0.4, -0.2) is 49.4 Å². The summed E-state index contributed by atoms with van der Waals surface area (Å²) >= 11 is 0. The minimum absolute atomic E-state index is 0.00423. The number of aliphatic hydroxyl groups is 1. The van der Waals surface area contributed by atoms with Gasteiger partial charge in [-0.2, -0.15) is 0 Å². The topological polar surface area (TPSA) is 84.3 Å². The Morgan fingerprint density at radius 3 is 2.17 bits per heavy atom. The molecule has 9 heteroatoms. The largest absolute Gasteiger partial charge is 0.388 e. The Labute approximate surface area is 173 Å². The number of sulfone groups is 1. The second-order valence-electron chi connectivity index (χ2n) is 7.42. The summed E-state index contributed by atoms with van der Waals surface area (Å²) in [7, 11) is -3.12. The van der Waals surface area contributed by atoms with Gasteiger partial charge in [-0.25, -0.2) is 17.2 Å². The molecule has 2 rings (SSSR count). The first-order valence-electron chi connectivity index (χ1n) is 9.30. The number of halogens is 3. The maximum absolute atomic E-state index is 13.2. The number of ketones is 1. The van der Waals surface area contributed by atoms with Crippen LogP contribution >= 0.6 is 0 Å². The van der Waals surface area contributed by atoms with Crippen LogP contribution in [0, 0.1) is 5.92 Å². The highest BCUT2D eigenvalue weighted by atomic mass is 32.2. The zero-order valence-electron chi connectivity index (χ0n) is 16.6. The molecule has 0 radical (unpaired) electrons. The van der Waals surface area contributed by atoms with Gasteiger partial charge < -0.3 is 5.11 Å². The molecule has 1 aromatic heterocycles. The molecule has 1 heterocycles. The van der Waals surface area contributed by atoms with Crippen molar-refractivity contribution in [1.29, 1.82) is 0 Å². The maximum atomic E-state index is 13.2. The summed E-state index contributed by atoms with van der Waals surface area (Å²) in [4.78, 5) is 15.5. The molecule has 3 atom stereocenters. The average molecular weight is 443 g/mol. The minimum atomic E-state index is -3.19. The SMILES string of the molecule is CC(CS(C)(=O)=O)c1ccc(-c2ccc([C@@H](O)[C@@H](CF)CC(=O)C(F)F)cc2)cn1. The standard InChI is InChI=1S/C21H24F3NO4S/c1-13(12-30(2,28)29)18-8-7-16(11-25-18)14-3-5-15(6-4-14)20(27)17(10-22)9-19(26)21(23)24/h3-8,11,13,17,20-21,27H,9-10,12H2,1-2H3/t13?,17-,20-/m1/s1.